The molecule has 0 heterocycles. The van der Waals surface area contributed by atoms with Gasteiger partial charge in [0.2, 0.25) is 0 Å². The van der Waals surface area contributed by atoms with Gasteiger partial charge in [0.1, 0.15) is 29.4 Å². The van der Waals surface area contributed by atoms with E-state index in [2.05, 4.69) is 10.6 Å². The summed E-state index contributed by atoms with van der Waals surface area (Å²) in [5, 5.41) is 31.7. The molecule has 3 N–H and O–H groups in total. The number of hydrogen-bond donors (Lipinski definition) is 3. The highest BCUT2D eigenvalue weighted by molar-refractivity contribution is 5.80. The predicted molar refractivity (Wildman–Crippen MR) is 93.9 cm³/mol. The Morgan fingerprint density at radius 3 is 2.27 bits per heavy atom. The largest absolute Gasteiger partial charge is 0.480 e. The van der Waals surface area contributed by atoms with Crippen LogP contribution in [0.25, 0.3) is 0 Å². The molecule has 1 amide bonds. The molecule has 8 nitrogen and oxygen atoms in total. The molecule has 8 heteroatoms. The lowest BCUT2D eigenvalue weighted by Gasteiger charge is -2.22. The first-order valence-corrected chi connectivity index (χ1v) is 7.73. The summed E-state index contributed by atoms with van der Waals surface area (Å²) in [6, 6.07) is 9.03. The van der Waals surface area contributed by atoms with Gasteiger partial charge in [0.05, 0.1) is 0 Å². The Morgan fingerprint density at radius 1 is 1.23 bits per heavy atom. The maximum atomic E-state index is 11.8. The van der Waals surface area contributed by atoms with Crippen LogP contribution in [0.5, 0.6) is 0 Å². The molecular formula is C18H20N4O4. The summed E-state index contributed by atoms with van der Waals surface area (Å²) in [7, 11) is 0. The molecule has 0 aliphatic rings. The van der Waals surface area contributed by atoms with Crippen molar-refractivity contribution in [2.75, 3.05) is 5.32 Å². The van der Waals surface area contributed by atoms with Crippen LogP contribution in [0.2, 0.25) is 0 Å². The van der Waals surface area contributed by atoms with Gasteiger partial charge in [-0.3, -0.25) is 0 Å². The van der Waals surface area contributed by atoms with E-state index in [0.29, 0.717) is 11.3 Å². The molecule has 0 aliphatic carbocycles. The summed E-state index contributed by atoms with van der Waals surface area (Å²) in [4.78, 5) is 23.1. The molecule has 1 aromatic rings. The number of hydrogen-bond acceptors (Lipinski definition) is 6. The summed E-state index contributed by atoms with van der Waals surface area (Å²) < 4.78 is 5.07. The van der Waals surface area contributed by atoms with Gasteiger partial charge >= 0.3 is 12.1 Å². The van der Waals surface area contributed by atoms with Crippen LogP contribution in [0.1, 0.15) is 26.3 Å². The van der Waals surface area contributed by atoms with Crippen LogP contribution in [0.4, 0.5) is 10.5 Å². The standard InChI is InChI=1S/C18H20N4O4/c1-18(2,3)26-17(25)22-15(16(23)24)8-12-4-6-14(7-5-12)21-11-13(9-19)10-20/h4-7,11,15,21H,8H2,1-3H3,(H,22,25)(H,23,24). The third-order valence-corrected chi connectivity index (χ3v) is 3.01. The fraction of sp³-hybridized carbons (Fsp3) is 0.333. The summed E-state index contributed by atoms with van der Waals surface area (Å²) >= 11 is 0. The lowest BCUT2D eigenvalue weighted by atomic mass is 10.1. The maximum absolute atomic E-state index is 11.8. The van der Waals surface area contributed by atoms with E-state index in [4.69, 9.17) is 15.3 Å². The molecule has 26 heavy (non-hydrogen) atoms. The van der Waals surface area contributed by atoms with Gasteiger partial charge in [-0.25, -0.2) is 9.59 Å². The highest BCUT2D eigenvalue weighted by Gasteiger charge is 2.24. The molecule has 0 spiro atoms. The fourth-order valence-corrected chi connectivity index (χ4v) is 1.87. The Morgan fingerprint density at radius 2 is 1.81 bits per heavy atom. The Kier molecular flexibility index (Phi) is 7.18. The molecule has 136 valence electrons. The second-order valence-corrected chi connectivity index (χ2v) is 6.36. The van der Waals surface area contributed by atoms with E-state index in [1.807, 2.05) is 0 Å². The number of carboxylic acids is 1. The molecule has 0 radical (unpaired) electrons. The van der Waals surface area contributed by atoms with Crippen LogP contribution in [-0.4, -0.2) is 28.8 Å². The Bertz CT molecular complexity index is 748. The Balaban J connectivity index is 2.74. The number of anilines is 1. The summed E-state index contributed by atoms with van der Waals surface area (Å²) in [6.45, 7) is 5.06. The topological polar surface area (TPSA) is 135 Å². The minimum absolute atomic E-state index is 0.0680. The van der Waals surface area contributed by atoms with Crippen molar-refractivity contribution in [2.24, 2.45) is 0 Å². The van der Waals surface area contributed by atoms with Crippen molar-refractivity contribution in [3.05, 3.63) is 41.6 Å². The molecule has 0 saturated heterocycles. The summed E-state index contributed by atoms with van der Waals surface area (Å²) in [6.07, 6.45) is 0.555. The van der Waals surface area contributed by atoms with Gasteiger partial charge in [-0.15, -0.1) is 0 Å². The van der Waals surface area contributed by atoms with Gasteiger partial charge in [-0.2, -0.15) is 10.5 Å². The van der Waals surface area contributed by atoms with E-state index in [9.17, 15) is 14.7 Å². The Labute approximate surface area is 151 Å². The number of nitriles is 2. The SMILES string of the molecule is CC(C)(C)OC(=O)NC(Cc1ccc(NC=C(C#N)C#N)cc1)C(=O)O. The molecule has 0 saturated carbocycles. The average molecular weight is 356 g/mol. The third kappa shape index (κ3) is 7.37. The number of carbonyl (C=O) groups is 2. The first-order chi connectivity index (χ1) is 12.1. The van der Waals surface area contributed by atoms with E-state index in [0.717, 1.165) is 0 Å². The van der Waals surface area contributed by atoms with Gasteiger partial charge in [0.15, 0.2) is 0 Å². The van der Waals surface area contributed by atoms with E-state index in [-0.39, 0.29) is 12.0 Å². The lowest BCUT2D eigenvalue weighted by molar-refractivity contribution is -0.139. The number of carbonyl (C=O) groups excluding carboxylic acids is 1. The van der Waals surface area contributed by atoms with Gasteiger partial charge in [-0.05, 0) is 38.5 Å². The molecule has 0 bridgehead atoms. The number of allylic oxidation sites excluding steroid dienone is 1. The zero-order valence-corrected chi connectivity index (χ0v) is 14.7. The van der Waals surface area contributed by atoms with Crippen molar-refractivity contribution >= 4 is 17.7 Å². The first kappa shape index (κ1) is 20.5. The van der Waals surface area contributed by atoms with Gasteiger partial charge in [-0.1, -0.05) is 12.1 Å². The van der Waals surface area contributed by atoms with E-state index in [1.54, 1.807) is 57.2 Å². The number of carboxylic acid groups (broad SMARTS) is 1. The maximum Gasteiger partial charge on any atom is 0.408 e. The minimum atomic E-state index is -1.17. The molecule has 0 fully saturated rings. The van der Waals surface area contributed by atoms with Gasteiger partial charge < -0.3 is 20.5 Å². The van der Waals surface area contributed by atoms with Crippen LogP contribution in [-0.2, 0) is 16.0 Å². The molecule has 1 atom stereocenters. The lowest BCUT2D eigenvalue weighted by Crippen LogP contribution is -2.44. The van der Waals surface area contributed by atoms with Gasteiger partial charge in [0, 0.05) is 18.3 Å². The number of aliphatic carboxylic acids is 1. The Hall–Kier alpha value is -3.52. The fourth-order valence-electron chi connectivity index (χ4n) is 1.87. The number of nitrogens with one attached hydrogen (secondary N) is 2. The predicted octanol–water partition coefficient (Wildman–Crippen LogP) is 2.55. The molecule has 0 aromatic heterocycles. The molecule has 1 rings (SSSR count). The van der Waals surface area contributed by atoms with Crippen LogP contribution in [0, 0.1) is 22.7 Å². The van der Waals surface area contributed by atoms with Crippen molar-refractivity contribution in [2.45, 2.75) is 38.8 Å². The van der Waals surface area contributed by atoms with Crippen LogP contribution >= 0.6 is 0 Å². The monoisotopic (exact) mass is 356 g/mol. The van der Waals surface area contributed by atoms with Crippen molar-refractivity contribution < 1.29 is 19.4 Å². The zero-order valence-electron chi connectivity index (χ0n) is 14.7. The number of amides is 1. The van der Waals surface area contributed by atoms with Crippen LogP contribution < -0.4 is 10.6 Å². The normalized spacial score (nSPS) is 11.3. The number of nitrogens with zero attached hydrogens (tertiary/aromatic N) is 2. The number of rotatable bonds is 6. The van der Waals surface area contributed by atoms with Crippen molar-refractivity contribution in [3.8, 4) is 12.1 Å². The number of alkyl carbamates (subject to hydrolysis) is 1. The number of ether oxygens (including phenoxy) is 1. The average Bonchev–Trinajstić information content (AvgIpc) is 2.54. The van der Waals surface area contributed by atoms with Crippen molar-refractivity contribution in [3.63, 3.8) is 0 Å². The highest BCUT2D eigenvalue weighted by atomic mass is 16.6. The highest BCUT2D eigenvalue weighted by Crippen LogP contribution is 2.13. The van der Waals surface area contributed by atoms with Crippen molar-refractivity contribution in [1.29, 1.82) is 10.5 Å². The quantitative estimate of drug-likeness (QED) is 0.666. The smallest absolute Gasteiger partial charge is 0.408 e. The summed E-state index contributed by atoms with van der Waals surface area (Å²) in [5.74, 6) is -1.17. The second-order valence-electron chi connectivity index (χ2n) is 6.36. The van der Waals surface area contributed by atoms with E-state index in [1.165, 1.54) is 6.20 Å². The molecular weight excluding hydrogens is 336 g/mol. The molecule has 1 aromatic carbocycles. The molecule has 0 aliphatic heterocycles. The van der Waals surface area contributed by atoms with Gasteiger partial charge in [0.25, 0.3) is 0 Å². The second kappa shape index (κ2) is 9.09. The first-order valence-electron chi connectivity index (χ1n) is 7.73. The van der Waals surface area contributed by atoms with Crippen molar-refractivity contribution in [1.82, 2.24) is 5.32 Å². The number of benzene rings is 1. The van der Waals surface area contributed by atoms with Crippen LogP contribution in [0.3, 0.4) is 0 Å². The molecule has 1 unspecified atom stereocenters. The summed E-state index contributed by atoms with van der Waals surface area (Å²) in [5.41, 5.74) is 0.522. The minimum Gasteiger partial charge on any atom is -0.480 e. The van der Waals surface area contributed by atoms with Crippen LogP contribution in [0.15, 0.2) is 36.0 Å². The van der Waals surface area contributed by atoms with E-state index >= 15 is 0 Å². The zero-order chi connectivity index (χ0) is 19.7. The van der Waals surface area contributed by atoms with E-state index < -0.39 is 23.7 Å². The third-order valence-electron chi connectivity index (χ3n) is 3.01.